The van der Waals surface area contributed by atoms with Crippen LogP contribution in [0, 0.1) is 0 Å². The van der Waals surface area contributed by atoms with Gasteiger partial charge in [-0.25, -0.2) is 0 Å². The summed E-state index contributed by atoms with van der Waals surface area (Å²) in [6.45, 7) is 6.00. The molecule has 0 saturated carbocycles. The molecule has 7 heteroatoms. The number of methoxy groups -OCH3 is 1. The van der Waals surface area contributed by atoms with Crippen molar-refractivity contribution < 1.29 is 14.9 Å². The predicted octanol–water partition coefficient (Wildman–Crippen LogP) is 1.84. The van der Waals surface area contributed by atoms with Gasteiger partial charge >= 0.3 is 0 Å². The summed E-state index contributed by atoms with van der Waals surface area (Å²) in [7, 11) is 3.53. The number of aromatic hydroxyl groups is 2. The number of para-hydroxylation sites is 2. The summed E-state index contributed by atoms with van der Waals surface area (Å²) in [5.74, 6) is 1.20. The quantitative estimate of drug-likeness (QED) is 0.655. The first-order chi connectivity index (χ1) is 13.1. The lowest BCUT2D eigenvalue weighted by Gasteiger charge is -2.36. The molecule has 2 aromatic rings. The molecule has 0 atom stereocenters. The van der Waals surface area contributed by atoms with Gasteiger partial charge in [-0.3, -0.25) is 9.47 Å². The fourth-order valence-electron chi connectivity index (χ4n) is 3.68. The SMILES string of the molecule is CNCc1cc(O)n(CCCN2CCN(c3ccccc3OC)CC2)c1O. The first-order valence-electron chi connectivity index (χ1n) is 9.49. The smallest absolute Gasteiger partial charge is 0.198 e. The Kier molecular flexibility index (Phi) is 6.47. The van der Waals surface area contributed by atoms with E-state index in [1.165, 1.54) is 0 Å². The average molecular weight is 374 g/mol. The van der Waals surface area contributed by atoms with Crippen molar-refractivity contribution >= 4 is 5.69 Å². The van der Waals surface area contributed by atoms with Gasteiger partial charge in [0.15, 0.2) is 11.8 Å². The molecule has 0 unspecified atom stereocenters. The molecular weight excluding hydrogens is 344 g/mol. The summed E-state index contributed by atoms with van der Waals surface area (Å²) >= 11 is 0. The highest BCUT2D eigenvalue weighted by Gasteiger charge is 2.19. The molecule has 0 spiro atoms. The zero-order valence-electron chi connectivity index (χ0n) is 16.2. The summed E-state index contributed by atoms with van der Waals surface area (Å²) < 4.78 is 7.05. The summed E-state index contributed by atoms with van der Waals surface area (Å²) in [4.78, 5) is 4.79. The molecule has 0 bridgehead atoms. The van der Waals surface area contributed by atoms with Crippen molar-refractivity contribution in [1.29, 1.82) is 0 Å². The van der Waals surface area contributed by atoms with Crippen LogP contribution in [0.3, 0.4) is 0 Å². The Bertz CT molecular complexity index is 739. The van der Waals surface area contributed by atoms with Crippen molar-refractivity contribution in [1.82, 2.24) is 14.8 Å². The fourth-order valence-corrected chi connectivity index (χ4v) is 3.68. The van der Waals surface area contributed by atoms with Gasteiger partial charge in [0.1, 0.15) is 5.75 Å². The standard InChI is InChI=1S/C20H30N4O3/c1-21-15-16-14-19(25)24(20(16)26)9-5-8-22-10-12-23(13-11-22)17-6-3-4-7-18(17)27-2/h3-4,6-7,14,21,25-26H,5,8-13,15H2,1-2H3. The van der Waals surface area contributed by atoms with Gasteiger partial charge in [0.2, 0.25) is 0 Å². The fraction of sp³-hybridized carbons (Fsp3) is 0.500. The highest BCUT2D eigenvalue weighted by Crippen LogP contribution is 2.29. The Hall–Kier alpha value is -2.38. The number of aromatic nitrogens is 1. The number of ether oxygens (including phenoxy) is 1. The average Bonchev–Trinajstić information content (AvgIpc) is 2.96. The Balaban J connectivity index is 1.48. The third kappa shape index (κ3) is 4.48. The molecule has 2 heterocycles. The van der Waals surface area contributed by atoms with Crippen LogP contribution in [0.25, 0.3) is 0 Å². The highest BCUT2D eigenvalue weighted by atomic mass is 16.5. The van der Waals surface area contributed by atoms with Crippen LogP contribution in [-0.4, -0.2) is 66.6 Å². The summed E-state index contributed by atoms with van der Waals surface area (Å²) in [6, 6.07) is 9.77. The minimum absolute atomic E-state index is 0.124. The van der Waals surface area contributed by atoms with Gasteiger partial charge < -0.3 is 25.2 Å². The van der Waals surface area contributed by atoms with Crippen molar-refractivity contribution in [2.45, 2.75) is 19.5 Å². The zero-order chi connectivity index (χ0) is 19.2. The first-order valence-corrected chi connectivity index (χ1v) is 9.49. The molecule has 0 aliphatic carbocycles. The van der Waals surface area contributed by atoms with Crippen LogP contribution >= 0.6 is 0 Å². The van der Waals surface area contributed by atoms with Crippen molar-refractivity contribution in [3.05, 3.63) is 35.9 Å². The maximum absolute atomic E-state index is 10.2. The van der Waals surface area contributed by atoms with Crippen LogP contribution in [0.1, 0.15) is 12.0 Å². The molecule has 1 fully saturated rings. The van der Waals surface area contributed by atoms with E-state index in [4.69, 9.17) is 4.74 Å². The first kappa shape index (κ1) is 19.4. The maximum atomic E-state index is 10.2. The van der Waals surface area contributed by atoms with Crippen LogP contribution < -0.4 is 15.0 Å². The lowest BCUT2D eigenvalue weighted by molar-refractivity contribution is 0.245. The highest BCUT2D eigenvalue weighted by molar-refractivity contribution is 5.58. The number of hydrogen-bond donors (Lipinski definition) is 3. The predicted molar refractivity (Wildman–Crippen MR) is 107 cm³/mol. The van der Waals surface area contributed by atoms with Crippen LogP contribution in [0.5, 0.6) is 17.5 Å². The number of piperazine rings is 1. The molecule has 3 N–H and O–H groups in total. The summed E-state index contributed by atoms with van der Waals surface area (Å²) in [6.07, 6.45) is 0.878. The third-order valence-corrected chi connectivity index (χ3v) is 5.14. The summed E-state index contributed by atoms with van der Waals surface area (Å²) in [5, 5.41) is 23.2. The normalized spacial score (nSPS) is 15.3. The maximum Gasteiger partial charge on any atom is 0.198 e. The topological polar surface area (TPSA) is 73.1 Å². The number of anilines is 1. The van der Waals surface area contributed by atoms with E-state index < -0.39 is 0 Å². The monoisotopic (exact) mass is 374 g/mol. The molecule has 27 heavy (non-hydrogen) atoms. The molecule has 7 nitrogen and oxygen atoms in total. The number of nitrogens with one attached hydrogen (secondary N) is 1. The van der Waals surface area contributed by atoms with E-state index in [-0.39, 0.29) is 11.8 Å². The van der Waals surface area contributed by atoms with E-state index in [2.05, 4.69) is 21.2 Å². The molecule has 0 radical (unpaired) electrons. The minimum atomic E-state index is 0.124. The second-order valence-electron chi connectivity index (χ2n) is 6.89. The second kappa shape index (κ2) is 9.01. The van der Waals surface area contributed by atoms with Gasteiger partial charge in [0, 0.05) is 50.9 Å². The van der Waals surface area contributed by atoms with Crippen LogP contribution in [0.15, 0.2) is 30.3 Å². The van der Waals surface area contributed by atoms with E-state index in [1.54, 1.807) is 17.7 Å². The van der Waals surface area contributed by atoms with Crippen molar-refractivity contribution in [3.8, 4) is 17.5 Å². The van der Waals surface area contributed by atoms with Crippen molar-refractivity contribution in [2.75, 3.05) is 51.8 Å². The van der Waals surface area contributed by atoms with Gasteiger partial charge in [-0.15, -0.1) is 0 Å². The molecule has 1 aliphatic heterocycles. The molecule has 1 aliphatic rings. The molecule has 3 rings (SSSR count). The second-order valence-corrected chi connectivity index (χ2v) is 6.89. The number of rotatable bonds is 8. The molecule has 1 aromatic heterocycles. The number of nitrogens with zero attached hydrogens (tertiary/aromatic N) is 3. The van der Waals surface area contributed by atoms with E-state index in [1.807, 2.05) is 25.2 Å². The molecular formula is C20H30N4O3. The van der Waals surface area contributed by atoms with E-state index >= 15 is 0 Å². The van der Waals surface area contributed by atoms with Gasteiger partial charge in [-0.05, 0) is 32.1 Å². The summed E-state index contributed by atoms with van der Waals surface area (Å²) in [5.41, 5.74) is 1.87. The Morgan fingerprint density at radius 3 is 2.52 bits per heavy atom. The Morgan fingerprint density at radius 2 is 1.81 bits per heavy atom. The van der Waals surface area contributed by atoms with E-state index in [0.29, 0.717) is 13.1 Å². The molecule has 1 saturated heterocycles. The van der Waals surface area contributed by atoms with E-state index in [0.717, 1.165) is 56.1 Å². The molecule has 0 amide bonds. The van der Waals surface area contributed by atoms with Crippen LogP contribution in [0.2, 0.25) is 0 Å². The lowest BCUT2D eigenvalue weighted by atomic mass is 10.2. The molecule has 1 aromatic carbocycles. The van der Waals surface area contributed by atoms with Crippen LogP contribution in [0.4, 0.5) is 5.69 Å². The minimum Gasteiger partial charge on any atom is -0.495 e. The van der Waals surface area contributed by atoms with Gasteiger partial charge in [-0.1, -0.05) is 12.1 Å². The van der Waals surface area contributed by atoms with E-state index in [9.17, 15) is 10.2 Å². The van der Waals surface area contributed by atoms with Crippen molar-refractivity contribution in [3.63, 3.8) is 0 Å². The zero-order valence-corrected chi connectivity index (χ0v) is 16.2. The molecule has 148 valence electrons. The van der Waals surface area contributed by atoms with Gasteiger partial charge in [0.05, 0.1) is 12.8 Å². The number of hydrogen-bond acceptors (Lipinski definition) is 6. The van der Waals surface area contributed by atoms with Gasteiger partial charge in [-0.2, -0.15) is 0 Å². The third-order valence-electron chi connectivity index (χ3n) is 5.14. The number of benzene rings is 1. The largest absolute Gasteiger partial charge is 0.495 e. The van der Waals surface area contributed by atoms with Crippen molar-refractivity contribution in [2.24, 2.45) is 0 Å². The Labute approximate surface area is 160 Å². The Morgan fingerprint density at radius 1 is 1.07 bits per heavy atom. The lowest BCUT2D eigenvalue weighted by Crippen LogP contribution is -2.46. The van der Waals surface area contributed by atoms with Crippen LogP contribution in [-0.2, 0) is 13.1 Å². The van der Waals surface area contributed by atoms with Gasteiger partial charge in [0.25, 0.3) is 0 Å².